The number of imide groups is 1. The van der Waals surface area contributed by atoms with Crippen molar-refractivity contribution in [2.45, 2.75) is 402 Å². The Labute approximate surface area is 877 Å². The van der Waals surface area contributed by atoms with Crippen LogP contribution in [0.25, 0.3) is 0 Å². The lowest BCUT2D eigenvalue weighted by atomic mass is 9.81. The summed E-state index contributed by atoms with van der Waals surface area (Å²) >= 11 is 0. The Balaban J connectivity index is 1.07. The number of nitrogens with zero attached hydrogens (tertiary/aromatic N) is 1. The van der Waals surface area contributed by atoms with E-state index in [0.29, 0.717) is 123 Å². The topological polar surface area (TPSA) is 528 Å². The van der Waals surface area contributed by atoms with Crippen molar-refractivity contribution < 1.29 is 119 Å². The van der Waals surface area contributed by atoms with Crippen molar-refractivity contribution in [1.82, 2.24) is 79.3 Å². The summed E-state index contributed by atoms with van der Waals surface area (Å²) in [6.45, 7) is 32.4. The second kappa shape index (κ2) is 70.3. The van der Waals surface area contributed by atoms with Gasteiger partial charge in [0.1, 0.15) is 24.4 Å². The molecule has 4 fully saturated rings. The van der Waals surface area contributed by atoms with Crippen LogP contribution in [0, 0.1) is 47.3 Å². The fourth-order valence-electron chi connectivity index (χ4n) is 19.6. The Morgan fingerprint density at radius 3 is 0.885 bits per heavy atom. The van der Waals surface area contributed by atoms with Gasteiger partial charge in [-0.25, -0.2) is 0 Å². The fraction of sp³-hybridized carbons (Fsp3) is 0.778. The average Bonchev–Trinajstić information content (AvgIpc) is 1.01. The molecule has 838 valence electrons. The van der Waals surface area contributed by atoms with Crippen molar-refractivity contribution in [3.63, 3.8) is 0 Å². The van der Waals surface area contributed by atoms with Crippen LogP contribution >= 0.6 is 0 Å². The molecule has 5 aliphatic heterocycles. The number of hydrogen-bond donors (Lipinski definition) is 14. The van der Waals surface area contributed by atoms with Crippen LogP contribution in [0.5, 0.6) is 5.75 Å². The molecule has 0 radical (unpaired) electrons. The van der Waals surface area contributed by atoms with Crippen LogP contribution in [0.1, 0.15) is 337 Å². The summed E-state index contributed by atoms with van der Waals surface area (Å²) in [6, 6.07) is 0.807. The molecule has 5 heterocycles. The molecule has 6 rings (SSSR count). The molecule has 40 heteroatoms. The molecule has 0 saturated carbocycles. The first-order valence-electron chi connectivity index (χ1n) is 55.1. The van der Waals surface area contributed by atoms with Crippen molar-refractivity contribution in [3.05, 3.63) is 41.5 Å². The maximum atomic E-state index is 14.3. The quantitative estimate of drug-likeness (QED) is 0.0214. The highest BCUT2D eigenvalue weighted by Gasteiger charge is 2.47. The molecule has 14 N–H and O–H groups in total. The maximum absolute atomic E-state index is 14.3. The molecule has 1 aromatic carbocycles. The number of unbranched alkanes of at least 4 members (excludes halogenated alkanes) is 13. The Kier molecular flexibility index (Phi) is 60.3. The third kappa shape index (κ3) is 46.6. The lowest BCUT2D eigenvalue weighted by molar-refractivity contribution is -0.236. The summed E-state index contributed by atoms with van der Waals surface area (Å²) in [5.74, 6) is -4.05. The van der Waals surface area contributed by atoms with Gasteiger partial charge < -0.3 is 117 Å². The number of nitrogens with one attached hydrogen (secondary N) is 14. The van der Waals surface area contributed by atoms with Crippen molar-refractivity contribution >= 4 is 94.5 Å². The largest absolute Gasteiger partial charge is 0.492 e. The smallest absolute Gasteiger partial charge is 0.253 e. The van der Waals surface area contributed by atoms with E-state index in [2.05, 4.69) is 144 Å². The molecule has 1 aromatic rings. The molecule has 0 aliphatic carbocycles. The van der Waals surface area contributed by atoms with Crippen molar-refractivity contribution in [1.29, 1.82) is 0 Å². The number of carbonyl (C=O) groups is 16. The molecule has 0 spiro atoms. The standard InChI is InChI=1S/C108H181N15O25/c1-17-85-68(5)72(9)97(117-76(13)124)105(145-85)141-60-37-31-45-89(128)109-51-35-29-41-83(121-93(132)47-33-39-62-143-107-99(119-78(15)126)74(11)70(7)87(19-3)147-107)103(138)115-55-53-113-101(136)80-65-81(67-82(66-80)140-64-58-112-92(131)44-28-26-24-22-21-23-25-27-43-91(130)111-57-59-123-95(134)49-50-96(123)135)102(137)114-54-56-116-104(139)84(122-94(133)48-34-40-63-144-108-100(120-79(16)127)75(12)71(8)88(20-4)148-108)42-30-36-52-110-90(129)46-32-38-61-142-106-98(118-77(14)125)73(10)69(6)86(18-2)146-106/h49-50,65-75,83-88,97-100,105-108H,17-48,51-64H2,1-16H3,(H,109,128)(H,110,129)(H,111,130)(H,112,131)(H,113,136)(H,114,137)(H,115,138)(H,116,139)(H,117,124)(H,118,125)(H,119,126)(H,120,127)(H,121,132)(H,122,133)/t68?,69?,70?,71?,72?,73?,74?,75?,83-,84-,85?,86?,87?,88?,97?,98?,99?,100?,105?,106?,107?,108?/m0/s1. The van der Waals surface area contributed by atoms with E-state index in [-0.39, 0.29) is 282 Å². The summed E-state index contributed by atoms with van der Waals surface area (Å²) in [7, 11) is 0. The van der Waals surface area contributed by atoms with Gasteiger partial charge in [0.2, 0.25) is 70.9 Å². The van der Waals surface area contributed by atoms with Crippen molar-refractivity contribution in [2.24, 2.45) is 47.3 Å². The van der Waals surface area contributed by atoms with E-state index >= 15 is 0 Å². The third-order valence-electron chi connectivity index (χ3n) is 29.2. The van der Waals surface area contributed by atoms with Crippen LogP contribution in [0.2, 0.25) is 0 Å². The molecular formula is C108H181N15O25. The molecular weight excluding hydrogens is 1910 g/mol. The van der Waals surface area contributed by atoms with Crippen LogP contribution < -0.4 is 79.2 Å². The lowest BCUT2D eigenvalue weighted by Crippen LogP contribution is -2.57. The first kappa shape index (κ1) is 127. The summed E-state index contributed by atoms with van der Waals surface area (Å²) in [6.07, 6.45) is 17.0. The highest BCUT2D eigenvalue weighted by molar-refractivity contribution is 6.13. The van der Waals surface area contributed by atoms with E-state index in [1.54, 1.807) is 0 Å². The number of hydrogen-bond acceptors (Lipinski definition) is 25. The van der Waals surface area contributed by atoms with Gasteiger partial charge in [0, 0.05) is 168 Å². The highest BCUT2D eigenvalue weighted by atomic mass is 16.7. The molecule has 40 nitrogen and oxygen atoms in total. The average molecular weight is 2090 g/mol. The van der Waals surface area contributed by atoms with Crippen LogP contribution in [-0.2, 0) is 105 Å². The molecule has 148 heavy (non-hydrogen) atoms. The highest BCUT2D eigenvalue weighted by Crippen LogP contribution is 2.38. The normalized spacial score (nSPS) is 24.6. The van der Waals surface area contributed by atoms with Gasteiger partial charge in [-0.2, -0.15) is 0 Å². The zero-order valence-corrected chi connectivity index (χ0v) is 91.3. The second-order valence-corrected chi connectivity index (χ2v) is 40.7. The molecule has 4 saturated heterocycles. The summed E-state index contributed by atoms with van der Waals surface area (Å²) in [4.78, 5) is 210. The zero-order valence-electron chi connectivity index (χ0n) is 91.3. The molecule has 0 aromatic heterocycles. The van der Waals surface area contributed by atoms with E-state index < -0.39 is 72.7 Å². The van der Waals surface area contributed by atoms with Crippen LogP contribution in [-0.4, -0.2) is 277 Å². The van der Waals surface area contributed by atoms with Crippen LogP contribution in [0.15, 0.2) is 30.4 Å². The SMILES string of the molecule is CCC1OC(OCCCCC(=O)NCCCC[C@H](NC(=O)CCCCOC2OC(CC)C(C)C(C)C2NC(C)=O)C(=O)NCCNC(=O)c2cc(OCCNC(=O)CCCCCCCCCCC(=O)NCCN3C(=O)C=CC3=O)cc(C(=O)NCCNC(=O)[C@H](CCCCNC(=O)CCCCOC3OC(CC)C(C)C(C)C3NC(C)=O)NC(=O)CCCCOC3OC(CC)C(C)C(C)C3NC(C)=O)c2)C(NC(C)=O)C(C)C1C. The molecule has 16 amide bonds. The third-order valence-corrected chi connectivity index (χ3v) is 29.2. The van der Waals surface area contributed by atoms with Gasteiger partial charge in [-0.05, 0) is 194 Å². The van der Waals surface area contributed by atoms with Crippen molar-refractivity contribution in [2.75, 3.05) is 91.9 Å². The van der Waals surface area contributed by atoms with Crippen LogP contribution in [0.4, 0.5) is 0 Å². The first-order valence-corrected chi connectivity index (χ1v) is 55.1. The Bertz CT molecular complexity index is 4090. The van der Waals surface area contributed by atoms with Gasteiger partial charge in [0.25, 0.3) is 23.6 Å². The molecule has 20 unspecified atom stereocenters. The van der Waals surface area contributed by atoms with E-state index in [1.807, 2.05) is 13.8 Å². The van der Waals surface area contributed by atoms with E-state index in [1.165, 1.54) is 58.0 Å². The van der Waals surface area contributed by atoms with Gasteiger partial charge in [0.05, 0.1) is 55.1 Å². The van der Waals surface area contributed by atoms with Crippen LogP contribution in [0.3, 0.4) is 0 Å². The van der Waals surface area contributed by atoms with E-state index in [4.69, 9.17) is 42.6 Å². The zero-order chi connectivity index (χ0) is 109. The first-order chi connectivity index (χ1) is 70.9. The number of rotatable bonds is 72. The summed E-state index contributed by atoms with van der Waals surface area (Å²) in [5, 5.41) is 40.7. The van der Waals surface area contributed by atoms with Gasteiger partial charge >= 0.3 is 0 Å². The monoisotopic (exact) mass is 2090 g/mol. The van der Waals surface area contributed by atoms with Gasteiger partial charge in [0.15, 0.2) is 25.2 Å². The van der Waals surface area contributed by atoms with Gasteiger partial charge in [-0.15, -0.1) is 0 Å². The minimum Gasteiger partial charge on any atom is -0.492 e. The summed E-state index contributed by atoms with van der Waals surface area (Å²) < 4.78 is 56.1. The summed E-state index contributed by atoms with van der Waals surface area (Å²) in [5.41, 5.74) is -0.0134. The van der Waals surface area contributed by atoms with Gasteiger partial charge in [-0.1, -0.05) is 122 Å². The molecule has 0 bridgehead atoms. The Hall–Kier alpha value is -9.84. The Morgan fingerprint density at radius 1 is 0.304 bits per heavy atom. The molecule has 5 aliphatic rings. The fourth-order valence-corrected chi connectivity index (χ4v) is 19.6. The predicted molar refractivity (Wildman–Crippen MR) is 557 cm³/mol. The van der Waals surface area contributed by atoms with Crippen molar-refractivity contribution in [3.8, 4) is 5.75 Å². The lowest BCUT2D eigenvalue weighted by Gasteiger charge is -2.44. The number of benzene rings is 1. The minimum atomic E-state index is -1.02. The molecule has 22 atom stereocenters. The van der Waals surface area contributed by atoms with E-state index in [0.717, 1.165) is 69.1 Å². The second-order valence-electron chi connectivity index (χ2n) is 40.7. The number of ether oxygens (including phenoxy) is 9. The Morgan fingerprint density at radius 2 is 0.581 bits per heavy atom. The number of carbonyl (C=O) groups excluding carboxylic acids is 16. The predicted octanol–water partition coefficient (Wildman–Crippen LogP) is 8.75. The minimum absolute atomic E-state index is 0.00669. The number of amides is 16. The van der Waals surface area contributed by atoms with Gasteiger partial charge in [-0.3, -0.25) is 81.6 Å². The van der Waals surface area contributed by atoms with E-state index in [9.17, 15) is 76.7 Å². The maximum Gasteiger partial charge on any atom is 0.253 e.